The van der Waals surface area contributed by atoms with E-state index in [-0.39, 0.29) is 0 Å². The Morgan fingerprint density at radius 2 is 1.72 bits per heavy atom. The summed E-state index contributed by atoms with van der Waals surface area (Å²) in [5.74, 6) is 5.90. The molecule has 4 rings (SSSR count). The Labute approximate surface area is 158 Å². The maximum atomic E-state index is 2.69. The average Bonchev–Trinajstić information content (AvgIpc) is 2.94. The van der Waals surface area contributed by atoms with E-state index in [1.165, 1.54) is 44.9 Å². The van der Waals surface area contributed by atoms with Crippen LogP contribution in [-0.4, -0.2) is 0 Å². The minimum absolute atomic E-state index is 0.527. The molecule has 0 amide bonds. The van der Waals surface area contributed by atoms with Crippen molar-refractivity contribution in [3.05, 3.63) is 12.2 Å². The molecule has 25 heavy (non-hydrogen) atoms. The smallest absolute Gasteiger partial charge is 0.00870 e. The molecule has 0 aliphatic heterocycles. The fourth-order valence-corrected chi connectivity index (χ4v) is 7.93. The molecule has 0 aromatic heterocycles. The van der Waals surface area contributed by atoms with E-state index in [0.29, 0.717) is 10.8 Å². The Morgan fingerprint density at radius 3 is 2.44 bits per heavy atom. The predicted octanol–water partition coefficient (Wildman–Crippen LogP) is 7.88. The first-order valence-electron chi connectivity index (χ1n) is 11.7. The highest BCUT2D eigenvalue weighted by molar-refractivity contribution is 5.16. The van der Waals surface area contributed by atoms with Gasteiger partial charge in [-0.25, -0.2) is 0 Å². The van der Waals surface area contributed by atoms with Gasteiger partial charge in [0, 0.05) is 0 Å². The monoisotopic (exact) mass is 344 g/mol. The third-order valence-corrected chi connectivity index (χ3v) is 9.24. The van der Waals surface area contributed by atoms with Gasteiger partial charge in [-0.2, -0.15) is 0 Å². The molecule has 4 aliphatic rings. The van der Waals surface area contributed by atoms with Crippen molar-refractivity contribution < 1.29 is 0 Å². The van der Waals surface area contributed by atoms with Crippen LogP contribution in [0.3, 0.4) is 0 Å². The lowest BCUT2D eigenvalue weighted by atomic mass is 9.45. The zero-order valence-corrected chi connectivity index (χ0v) is 18.0. The normalized spacial score (nSPS) is 51.0. The molecule has 0 aromatic rings. The van der Waals surface area contributed by atoms with Crippen molar-refractivity contribution in [2.24, 2.45) is 46.3 Å². The highest BCUT2D eigenvalue weighted by Crippen LogP contribution is 2.67. The van der Waals surface area contributed by atoms with Gasteiger partial charge in [-0.3, -0.25) is 0 Å². The number of hydrogen-bond donors (Lipinski definition) is 0. The summed E-state index contributed by atoms with van der Waals surface area (Å²) in [6.07, 6.45) is 18.8. The largest absolute Gasteiger partial charge is 0.0851 e. The van der Waals surface area contributed by atoms with Crippen LogP contribution in [0, 0.1) is 46.3 Å². The molecule has 3 saturated carbocycles. The third kappa shape index (κ3) is 3.04. The topological polar surface area (TPSA) is 0 Å². The number of allylic oxidation sites excluding steroid dienone is 2. The lowest BCUT2D eigenvalue weighted by Crippen LogP contribution is -2.52. The Kier molecular flexibility index (Phi) is 5.77. The molecule has 8 atom stereocenters. The Hall–Kier alpha value is -0.260. The van der Waals surface area contributed by atoms with Crippen molar-refractivity contribution in [3.8, 4) is 0 Å². The molecule has 0 aromatic carbocycles. The van der Waals surface area contributed by atoms with E-state index in [9.17, 15) is 0 Å². The van der Waals surface area contributed by atoms with Gasteiger partial charge in [-0.05, 0) is 91.3 Å². The second-order valence-electron chi connectivity index (χ2n) is 10.2. The molecule has 0 nitrogen and oxygen atoms in total. The lowest BCUT2D eigenvalue weighted by molar-refractivity contribution is -0.0821. The van der Waals surface area contributed by atoms with Crippen molar-refractivity contribution >= 4 is 0 Å². The molecule has 0 radical (unpaired) electrons. The van der Waals surface area contributed by atoms with Crippen molar-refractivity contribution in [2.75, 3.05) is 0 Å². The summed E-state index contributed by atoms with van der Waals surface area (Å²) < 4.78 is 0. The van der Waals surface area contributed by atoms with Gasteiger partial charge < -0.3 is 0 Å². The van der Waals surface area contributed by atoms with Gasteiger partial charge in [0.2, 0.25) is 0 Å². The Bertz CT molecular complexity index is 476. The summed E-state index contributed by atoms with van der Waals surface area (Å²) in [5, 5.41) is 0. The van der Waals surface area contributed by atoms with Crippen molar-refractivity contribution in [3.63, 3.8) is 0 Å². The fourth-order valence-electron chi connectivity index (χ4n) is 7.93. The van der Waals surface area contributed by atoms with Crippen molar-refractivity contribution in [1.29, 1.82) is 0 Å². The van der Waals surface area contributed by atoms with E-state index >= 15 is 0 Å². The molecule has 144 valence electrons. The standard InChI is InChI=1S/C23H38.C2H6/c1-5-6-17-8-10-20-19-9-7-18-15-16(2)11-13-23(18,4)21(19)12-14-22(17,20)3;1-2/h11,13,16-21H,5-10,12,14-15H2,1-4H3;1-2H3. The first-order valence-corrected chi connectivity index (χ1v) is 11.7. The van der Waals surface area contributed by atoms with Gasteiger partial charge in [0.25, 0.3) is 0 Å². The van der Waals surface area contributed by atoms with E-state index in [0.717, 1.165) is 35.5 Å². The minimum atomic E-state index is 0.527. The first kappa shape index (κ1) is 19.5. The average molecular weight is 345 g/mol. The van der Waals surface area contributed by atoms with E-state index in [1.807, 2.05) is 13.8 Å². The van der Waals surface area contributed by atoms with Crippen LogP contribution in [0.4, 0.5) is 0 Å². The molecule has 0 heteroatoms. The molecular weight excluding hydrogens is 300 g/mol. The third-order valence-electron chi connectivity index (χ3n) is 9.24. The van der Waals surface area contributed by atoms with Gasteiger partial charge in [-0.1, -0.05) is 66.5 Å². The summed E-state index contributed by atoms with van der Waals surface area (Å²) in [6.45, 7) is 14.1. The maximum absolute atomic E-state index is 2.69. The van der Waals surface area contributed by atoms with Gasteiger partial charge in [0.15, 0.2) is 0 Å². The van der Waals surface area contributed by atoms with Crippen LogP contribution >= 0.6 is 0 Å². The van der Waals surface area contributed by atoms with E-state index < -0.39 is 0 Å². The SMILES string of the molecule is CC.CCCC1CCC2C3CCC4CC(C)C=CC4(C)C3CCC12C. The molecular formula is C25H44. The van der Waals surface area contributed by atoms with Gasteiger partial charge in [0.05, 0.1) is 0 Å². The summed E-state index contributed by atoms with van der Waals surface area (Å²) in [7, 11) is 0. The highest BCUT2D eigenvalue weighted by Gasteiger charge is 2.58. The van der Waals surface area contributed by atoms with Crippen molar-refractivity contribution in [1.82, 2.24) is 0 Å². The summed E-state index contributed by atoms with van der Waals surface area (Å²) in [5.41, 5.74) is 1.21. The number of fused-ring (bicyclic) bond motifs is 5. The lowest BCUT2D eigenvalue weighted by Gasteiger charge is -2.59. The maximum Gasteiger partial charge on any atom is -0.00870 e. The van der Waals surface area contributed by atoms with Gasteiger partial charge in [-0.15, -0.1) is 0 Å². The molecule has 8 unspecified atom stereocenters. The van der Waals surface area contributed by atoms with E-state index in [2.05, 4.69) is 39.8 Å². The predicted molar refractivity (Wildman–Crippen MR) is 111 cm³/mol. The quantitative estimate of drug-likeness (QED) is 0.447. The molecule has 0 saturated heterocycles. The summed E-state index contributed by atoms with van der Waals surface area (Å²) in [6, 6.07) is 0. The van der Waals surface area contributed by atoms with E-state index in [4.69, 9.17) is 0 Å². The van der Waals surface area contributed by atoms with Crippen LogP contribution in [0.1, 0.15) is 99.3 Å². The van der Waals surface area contributed by atoms with E-state index in [1.54, 1.807) is 12.8 Å². The van der Waals surface area contributed by atoms with Crippen LogP contribution in [0.5, 0.6) is 0 Å². The molecule has 4 aliphatic carbocycles. The van der Waals surface area contributed by atoms with Crippen LogP contribution in [0.25, 0.3) is 0 Å². The number of hydrogen-bond acceptors (Lipinski definition) is 0. The molecule has 0 bridgehead atoms. The second-order valence-corrected chi connectivity index (χ2v) is 10.2. The van der Waals surface area contributed by atoms with Crippen LogP contribution in [0.2, 0.25) is 0 Å². The summed E-state index contributed by atoms with van der Waals surface area (Å²) in [4.78, 5) is 0. The van der Waals surface area contributed by atoms with Gasteiger partial charge in [0.1, 0.15) is 0 Å². The molecule has 0 spiro atoms. The minimum Gasteiger partial charge on any atom is -0.0851 e. The summed E-state index contributed by atoms with van der Waals surface area (Å²) >= 11 is 0. The van der Waals surface area contributed by atoms with Crippen LogP contribution in [0.15, 0.2) is 12.2 Å². The van der Waals surface area contributed by atoms with Crippen LogP contribution in [-0.2, 0) is 0 Å². The highest BCUT2D eigenvalue weighted by atomic mass is 14.6. The Morgan fingerprint density at radius 1 is 0.960 bits per heavy atom. The first-order chi connectivity index (χ1) is 12.0. The second kappa shape index (κ2) is 7.40. The van der Waals surface area contributed by atoms with Crippen molar-refractivity contribution in [2.45, 2.75) is 99.3 Å². The van der Waals surface area contributed by atoms with Gasteiger partial charge >= 0.3 is 0 Å². The van der Waals surface area contributed by atoms with Crippen LogP contribution < -0.4 is 0 Å². The zero-order valence-electron chi connectivity index (χ0n) is 18.0. The fraction of sp³-hybridized carbons (Fsp3) is 0.920. The Balaban J connectivity index is 0.000000880. The number of rotatable bonds is 2. The zero-order chi connectivity index (χ0) is 18.2. The molecule has 0 N–H and O–H groups in total. The molecule has 3 fully saturated rings. The molecule has 0 heterocycles.